The molecule has 1 aliphatic rings. The molecule has 1 heterocycles. The summed E-state index contributed by atoms with van der Waals surface area (Å²) in [5.74, 6) is -0.943. The van der Waals surface area contributed by atoms with Gasteiger partial charge in [-0.15, -0.1) is 0 Å². The van der Waals surface area contributed by atoms with E-state index in [1.54, 1.807) is 6.07 Å². The molecule has 1 aliphatic heterocycles. The van der Waals surface area contributed by atoms with E-state index in [9.17, 15) is 14.4 Å². The number of carbonyl (C=O) groups excluding carboxylic acids is 3. The third-order valence-electron chi connectivity index (χ3n) is 3.20. The molecule has 3 amide bonds. The first-order valence-corrected chi connectivity index (χ1v) is 6.31. The summed E-state index contributed by atoms with van der Waals surface area (Å²) in [6, 6.07) is 4.57. The van der Waals surface area contributed by atoms with Crippen LogP contribution in [-0.2, 0) is 0 Å². The van der Waals surface area contributed by atoms with Crippen LogP contribution in [0, 0.1) is 0 Å². The van der Waals surface area contributed by atoms with Crippen molar-refractivity contribution in [2.45, 2.75) is 0 Å². The van der Waals surface area contributed by atoms with Gasteiger partial charge in [0.05, 0.1) is 11.1 Å². The molecule has 1 N–H and O–H groups in total. The number of amides is 3. The predicted octanol–water partition coefficient (Wildman–Crippen LogP) is 0.204. The van der Waals surface area contributed by atoms with Crippen LogP contribution in [-0.4, -0.2) is 61.8 Å². The van der Waals surface area contributed by atoms with Crippen LogP contribution < -0.4 is 5.32 Å². The fourth-order valence-corrected chi connectivity index (χ4v) is 2.00. The van der Waals surface area contributed by atoms with Crippen LogP contribution in [0.1, 0.15) is 31.1 Å². The number of nitrogens with zero attached hydrogens (tertiary/aromatic N) is 2. The number of benzene rings is 1. The second-order valence-corrected chi connectivity index (χ2v) is 4.99. The maximum absolute atomic E-state index is 12.0. The Bertz CT molecular complexity index is 581. The SMILES string of the molecule is CN(C)CCNC(=O)c1ccc2c(c1)C(=O)N(C)C2=O. The van der Waals surface area contributed by atoms with Crippen molar-refractivity contribution in [1.29, 1.82) is 0 Å². The number of hydrogen-bond donors (Lipinski definition) is 1. The van der Waals surface area contributed by atoms with Crippen molar-refractivity contribution in [2.75, 3.05) is 34.2 Å². The molecule has 106 valence electrons. The zero-order chi connectivity index (χ0) is 14.9. The molecule has 0 bridgehead atoms. The topological polar surface area (TPSA) is 69.7 Å². The van der Waals surface area contributed by atoms with E-state index in [2.05, 4.69) is 5.32 Å². The molecule has 0 spiro atoms. The molecule has 0 aromatic heterocycles. The monoisotopic (exact) mass is 275 g/mol. The highest BCUT2D eigenvalue weighted by atomic mass is 16.2. The molecule has 0 saturated heterocycles. The van der Waals surface area contributed by atoms with Crippen molar-refractivity contribution in [2.24, 2.45) is 0 Å². The molecule has 1 aromatic carbocycles. The van der Waals surface area contributed by atoms with Crippen LogP contribution >= 0.6 is 0 Å². The van der Waals surface area contributed by atoms with Gasteiger partial charge in [-0.3, -0.25) is 19.3 Å². The Morgan fingerprint density at radius 3 is 2.50 bits per heavy atom. The van der Waals surface area contributed by atoms with Crippen LogP contribution in [0.5, 0.6) is 0 Å². The highest BCUT2D eigenvalue weighted by molar-refractivity contribution is 6.21. The Labute approximate surface area is 117 Å². The largest absolute Gasteiger partial charge is 0.351 e. The van der Waals surface area contributed by atoms with Gasteiger partial charge in [-0.1, -0.05) is 0 Å². The molecule has 0 saturated carbocycles. The number of likely N-dealkylation sites (N-methyl/N-ethyl adjacent to an activating group) is 1. The normalized spacial score (nSPS) is 13.9. The summed E-state index contributed by atoms with van der Waals surface area (Å²) < 4.78 is 0. The van der Waals surface area contributed by atoms with Crippen molar-refractivity contribution >= 4 is 17.7 Å². The first kappa shape index (κ1) is 14.2. The number of rotatable bonds is 4. The smallest absolute Gasteiger partial charge is 0.261 e. The van der Waals surface area contributed by atoms with Crippen LogP contribution in [0.3, 0.4) is 0 Å². The minimum Gasteiger partial charge on any atom is -0.351 e. The van der Waals surface area contributed by atoms with Crippen molar-refractivity contribution in [3.8, 4) is 0 Å². The van der Waals surface area contributed by atoms with Crippen LogP contribution in [0.25, 0.3) is 0 Å². The van der Waals surface area contributed by atoms with Crippen LogP contribution in [0.2, 0.25) is 0 Å². The summed E-state index contributed by atoms with van der Waals surface area (Å²) in [5.41, 5.74) is 1.03. The lowest BCUT2D eigenvalue weighted by atomic mass is 10.1. The van der Waals surface area contributed by atoms with Crippen molar-refractivity contribution in [1.82, 2.24) is 15.1 Å². The zero-order valence-corrected chi connectivity index (χ0v) is 11.8. The van der Waals surface area contributed by atoms with E-state index in [0.717, 1.165) is 11.4 Å². The summed E-state index contributed by atoms with van der Waals surface area (Å²) in [5, 5.41) is 2.77. The fourth-order valence-electron chi connectivity index (χ4n) is 2.00. The predicted molar refractivity (Wildman–Crippen MR) is 73.8 cm³/mol. The van der Waals surface area contributed by atoms with Gasteiger partial charge < -0.3 is 10.2 Å². The molecular weight excluding hydrogens is 258 g/mol. The van der Waals surface area contributed by atoms with E-state index in [1.807, 2.05) is 19.0 Å². The van der Waals surface area contributed by atoms with E-state index in [4.69, 9.17) is 0 Å². The molecule has 6 nitrogen and oxygen atoms in total. The Kier molecular flexibility index (Phi) is 3.85. The highest BCUT2D eigenvalue weighted by Crippen LogP contribution is 2.22. The molecule has 0 radical (unpaired) electrons. The maximum Gasteiger partial charge on any atom is 0.261 e. The van der Waals surface area contributed by atoms with Crippen molar-refractivity contribution < 1.29 is 14.4 Å². The summed E-state index contributed by atoms with van der Waals surface area (Å²) in [4.78, 5) is 38.6. The van der Waals surface area contributed by atoms with Gasteiger partial charge in [0.25, 0.3) is 17.7 Å². The van der Waals surface area contributed by atoms with Gasteiger partial charge >= 0.3 is 0 Å². The van der Waals surface area contributed by atoms with Gasteiger partial charge in [0, 0.05) is 25.7 Å². The fraction of sp³-hybridized carbons (Fsp3) is 0.357. The number of imide groups is 1. The van der Waals surface area contributed by atoms with E-state index >= 15 is 0 Å². The average molecular weight is 275 g/mol. The first-order valence-electron chi connectivity index (χ1n) is 6.31. The van der Waals surface area contributed by atoms with E-state index in [1.165, 1.54) is 19.2 Å². The molecule has 0 unspecified atom stereocenters. The molecule has 0 atom stereocenters. The molecule has 1 aromatic rings. The lowest BCUT2D eigenvalue weighted by Gasteiger charge is -2.10. The van der Waals surface area contributed by atoms with Gasteiger partial charge in [0.15, 0.2) is 0 Å². The van der Waals surface area contributed by atoms with E-state index in [-0.39, 0.29) is 23.3 Å². The maximum atomic E-state index is 12.0. The van der Waals surface area contributed by atoms with Crippen LogP contribution in [0.15, 0.2) is 18.2 Å². The summed E-state index contributed by atoms with van der Waals surface area (Å²) in [6.45, 7) is 1.26. The quantitative estimate of drug-likeness (QED) is 0.797. The third-order valence-corrected chi connectivity index (χ3v) is 3.20. The molecular formula is C14H17N3O3. The lowest BCUT2D eigenvalue weighted by Crippen LogP contribution is -2.31. The van der Waals surface area contributed by atoms with Gasteiger partial charge in [0.2, 0.25) is 0 Å². The van der Waals surface area contributed by atoms with E-state index < -0.39 is 0 Å². The van der Waals surface area contributed by atoms with E-state index in [0.29, 0.717) is 17.7 Å². The molecule has 2 rings (SSSR count). The van der Waals surface area contributed by atoms with Gasteiger partial charge in [-0.25, -0.2) is 0 Å². The summed E-state index contributed by atoms with van der Waals surface area (Å²) in [7, 11) is 5.27. The standard InChI is InChI=1S/C14H17N3O3/c1-16(2)7-6-15-12(18)9-4-5-10-11(8-9)14(20)17(3)13(10)19/h4-5,8H,6-7H2,1-3H3,(H,15,18). The average Bonchev–Trinajstić information content (AvgIpc) is 2.63. The zero-order valence-electron chi connectivity index (χ0n) is 11.8. The number of fused-ring (bicyclic) bond motifs is 1. The van der Waals surface area contributed by atoms with Gasteiger partial charge in [-0.05, 0) is 32.3 Å². The second kappa shape index (κ2) is 5.42. The van der Waals surface area contributed by atoms with Crippen molar-refractivity contribution in [3.05, 3.63) is 34.9 Å². The van der Waals surface area contributed by atoms with Gasteiger partial charge in [0.1, 0.15) is 0 Å². The number of carbonyl (C=O) groups is 3. The first-order chi connectivity index (χ1) is 9.41. The molecule has 0 fully saturated rings. The minimum absolute atomic E-state index is 0.246. The summed E-state index contributed by atoms with van der Waals surface area (Å²) in [6.07, 6.45) is 0. The Hall–Kier alpha value is -2.21. The molecule has 0 aliphatic carbocycles. The lowest BCUT2D eigenvalue weighted by molar-refractivity contribution is 0.0693. The Morgan fingerprint density at radius 2 is 1.85 bits per heavy atom. The Balaban J connectivity index is 2.14. The number of hydrogen-bond acceptors (Lipinski definition) is 4. The second-order valence-electron chi connectivity index (χ2n) is 4.99. The molecule has 20 heavy (non-hydrogen) atoms. The van der Waals surface area contributed by atoms with Gasteiger partial charge in [-0.2, -0.15) is 0 Å². The minimum atomic E-state index is -0.368. The highest BCUT2D eigenvalue weighted by Gasteiger charge is 2.33. The van der Waals surface area contributed by atoms with Crippen molar-refractivity contribution in [3.63, 3.8) is 0 Å². The van der Waals surface area contributed by atoms with Crippen LogP contribution in [0.4, 0.5) is 0 Å². The Morgan fingerprint density at radius 1 is 1.20 bits per heavy atom. The summed E-state index contributed by atoms with van der Waals surface area (Å²) >= 11 is 0. The molecule has 6 heteroatoms. The number of nitrogens with one attached hydrogen (secondary N) is 1. The third kappa shape index (κ3) is 2.55.